The third kappa shape index (κ3) is 4.07. The van der Waals surface area contributed by atoms with Crippen LogP contribution in [-0.2, 0) is 0 Å². The normalized spacial score (nSPS) is 19.1. The summed E-state index contributed by atoms with van der Waals surface area (Å²) >= 11 is 0. The Balaban J connectivity index is 1.84. The number of nitriles is 1. The van der Waals surface area contributed by atoms with Crippen molar-refractivity contribution in [1.82, 2.24) is 14.9 Å². The molecule has 6 nitrogen and oxygen atoms in total. The molecule has 2 heterocycles. The van der Waals surface area contributed by atoms with Crippen LogP contribution in [0.2, 0.25) is 0 Å². The van der Waals surface area contributed by atoms with E-state index in [9.17, 15) is 0 Å². The van der Waals surface area contributed by atoms with Crippen molar-refractivity contribution in [2.75, 3.05) is 37.3 Å². The zero-order valence-electron chi connectivity index (χ0n) is 11.5. The molecule has 1 saturated heterocycles. The zero-order valence-corrected chi connectivity index (χ0v) is 11.5. The Morgan fingerprint density at radius 2 is 2.26 bits per heavy atom. The van der Waals surface area contributed by atoms with Gasteiger partial charge >= 0.3 is 0 Å². The van der Waals surface area contributed by atoms with Gasteiger partial charge in [-0.3, -0.25) is 5.32 Å². The molecule has 0 amide bonds. The molecule has 1 fully saturated rings. The first-order valence-electron chi connectivity index (χ1n) is 6.60. The summed E-state index contributed by atoms with van der Waals surface area (Å²) in [4.78, 5) is 10.8. The van der Waals surface area contributed by atoms with E-state index in [0.29, 0.717) is 11.6 Å². The highest BCUT2D eigenvalue weighted by Crippen LogP contribution is 2.18. The SMILES string of the molecule is Cc1nc(NC#N)cc(NCCC2CCN(C)C2)n1. The summed E-state index contributed by atoms with van der Waals surface area (Å²) in [6, 6.07) is 1.76. The minimum Gasteiger partial charge on any atom is -0.370 e. The molecule has 1 aromatic heterocycles. The van der Waals surface area contributed by atoms with Gasteiger partial charge in [0.25, 0.3) is 0 Å². The molecule has 1 aromatic rings. The minimum absolute atomic E-state index is 0.540. The van der Waals surface area contributed by atoms with Gasteiger partial charge in [-0.2, -0.15) is 5.26 Å². The number of hydrogen-bond acceptors (Lipinski definition) is 6. The van der Waals surface area contributed by atoms with E-state index in [-0.39, 0.29) is 0 Å². The first-order chi connectivity index (χ1) is 9.17. The number of aryl methyl sites for hydroxylation is 1. The summed E-state index contributed by atoms with van der Waals surface area (Å²) in [5, 5.41) is 14.4. The van der Waals surface area contributed by atoms with Crippen molar-refractivity contribution in [1.29, 1.82) is 5.26 Å². The van der Waals surface area contributed by atoms with Crippen LogP contribution in [0.25, 0.3) is 0 Å². The number of rotatable bonds is 5. The van der Waals surface area contributed by atoms with Gasteiger partial charge in [-0.05, 0) is 39.3 Å². The van der Waals surface area contributed by atoms with E-state index in [4.69, 9.17) is 5.26 Å². The first kappa shape index (κ1) is 13.6. The Bertz CT molecular complexity index is 467. The summed E-state index contributed by atoms with van der Waals surface area (Å²) in [7, 11) is 2.17. The number of nitrogens with zero attached hydrogens (tertiary/aromatic N) is 4. The molecular formula is C13H20N6. The number of nitrogens with one attached hydrogen (secondary N) is 2. The molecule has 0 spiro atoms. The Labute approximate surface area is 113 Å². The number of anilines is 2. The Kier molecular flexibility index (Phi) is 4.53. The quantitative estimate of drug-likeness (QED) is 0.616. The number of likely N-dealkylation sites (tertiary alicyclic amines) is 1. The van der Waals surface area contributed by atoms with Crippen LogP contribution in [-0.4, -0.2) is 41.5 Å². The minimum atomic E-state index is 0.540. The lowest BCUT2D eigenvalue weighted by molar-refractivity contribution is 0.390. The molecule has 0 aromatic carbocycles. The highest BCUT2D eigenvalue weighted by atomic mass is 15.1. The Morgan fingerprint density at radius 1 is 1.47 bits per heavy atom. The average molecular weight is 260 g/mol. The van der Waals surface area contributed by atoms with Gasteiger partial charge in [0.1, 0.15) is 17.5 Å². The maximum atomic E-state index is 8.60. The molecule has 2 N–H and O–H groups in total. The maximum absolute atomic E-state index is 8.60. The second-order valence-electron chi connectivity index (χ2n) is 5.05. The first-order valence-corrected chi connectivity index (χ1v) is 6.60. The van der Waals surface area contributed by atoms with Gasteiger partial charge in [0, 0.05) is 19.2 Å². The van der Waals surface area contributed by atoms with Crippen molar-refractivity contribution in [3.63, 3.8) is 0 Å². The second kappa shape index (κ2) is 6.34. The van der Waals surface area contributed by atoms with Crippen LogP contribution in [0.3, 0.4) is 0 Å². The van der Waals surface area contributed by atoms with Gasteiger partial charge in [0.05, 0.1) is 0 Å². The molecule has 1 aliphatic heterocycles. The Hall–Kier alpha value is -1.87. The lowest BCUT2D eigenvalue weighted by Gasteiger charge is -2.12. The van der Waals surface area contributed by atoms with Crippen LogP contribution in [0.15, 0.2) is 6.07 Å². The van der Waals surface area contributed by atoms with Gasteiger partial charge in [-0.25, -0.2) is 9.97 Å². The van der Waals surface area contributed by atoms with E-state index in [1.165, 1.54) is 19.5 Å². The molecule has 1 unspecified atom stereocenters. The monoisotopic (exact) mass is 260 g/mol. The van der Waals surface area contributed by atoms with Crippen molar-refractivity contribution in [2.45, 2.75) is 19.8 Å². The second-order valence-corrected chi connectivity index (χ2v) is 5.05. The zero-order chi connectivity index (χ0) is 13.7. The molecule has 102 valence electrons. The molecule has 0 bridgehead atoms. The predicted octanol–water partition coefficient (Wildman–Crippen LogP) is 1.43. The van der Waals surface area contributed by atoms with Crippen LogP contribution >= 0.6 is 0 Å². The third-order valence-electron chi connectivity index (χ3n) is 3.37. The van der Waals surface area contributed by atoms with Crippen LogP contribution in [0, 0.1) is 24.3 Å². The van der Waals surface area contributed by atoms with E-state index in [2.05, 4.69) is 32.5 Å². The number of aromatic nitrogens is 2. The lowest BCUT2D eigenvalue weighted by Crippen LogP contribution is -2.16. The smallest absolute Gasteiger partial charge is 0.182 e. The fourth-order valence-corrected chi connectivity index (χ4v) is 2.45. The molecule has 1 atom stereocenters. The molecule has 0 saturated carbocycles. The van der Waals surface area contributed by atoms with Crippen molar-refractivity contribution in [3.8, 4) is 6.19 Å². The van der Waals surface area contributed by atoms with Gasteiger partial charge < -0.3 is 10.2 Å². The molecule has 2 rings (SSSR count). The van der Waals surface area contributed by atoms with Crippen molar-refractivity contribution in [3.05, 3.63) is 11.9 Å². The highest BCUT2D eigenvalue weighted by Gasteiger charge is 2.18. The molecular weight excluding hydrogens is 240 g/mol. The molecule has 1 aliphatic rings. The van der Waals surface area contributed by atoms with Gasteiger partial charge in [0.15, 0.2) is 6.19 Å². The summed E-state index contributed by atoms with van der Waals surface area (Å²) in [6.45, 7) is 5.11. The van der Waals surface area contributed by atoms with E-state index >= 15 is 0 Å². The van der Waals surface area contributed by atoms with Crippen molar-refractivity contribution < 1.29 is 0 Å². The van der Waals surface area contributed by atoms with Gasteiger partial charge in [0.2, 0.25) is 0 Å². The van der Waals surface area contributed by atoms with Crippen molar-refractivity contribution in [2.24, 2.45) is 5.92 Å². The van der Waals surface area contributed by atoms with Gasteiger partial charge in [-0.1, -0.05) is 0 Å². The summed E-state index contributed by atoms with van der Waals surface area (Å²) in [5.74, 6) is 2.75. The average Bonchev–Trinajstić information content (AvgIpc) is 2.75. The van der Waals surface area contributed by atoms with Crippen LogP contribution in [0.4, 0.5) is 11.6 Å². The van der Waals surface area contributed by atoms with Crippen molar-refractivity contribution >= 4 is 11.6 Å². The van der Waals surface area contributed by atoms with E-state index in [1.54, 1.807) is 6.07 Å². The molecule has 0 aliphatic carbocycles. The third-order valence-corrected chi connectivity index (χ3v) is 3.37. The van der Waals surface area contributed by atoms with E-state index in [1.807, 2.05) is 13.1 Å². The number of hydrogen-bond donors (Lipinski definition) is 2. The van der Waals surface area contributed by atoms with Crippen LogP contribution in [0.1, 0.15) is 18.7 Å². The summed E-state index contributed by atoms with van der Waals surface area (Å²) in [5.41, 5.74) is 0. The topological polar surface area (TPSA) is 76.9 Å². The summed E-state index contributed by atoms with van der Waals surface area (Å²) in [6.07, 6.45) is 4.30. The Morgan fingerprint density at radius 3 is 2.95 bits per heavy atom. The summed E-state index contributed by atoms with van der Waals surface area (Å²) < 4.78 is 0. The fourth-order valence-electron chi connectivity index (χ4n) is 2.45. The fraction of sp³-hybridized carbons (Fsp3) is 0.615. The standard InChI is InChI=1S/C13H20N6/c1-10-17-12(7-13(18-10)16-9-14)15-5-3-11-4-6-19(2)8-11/h7,11H,3-6,8H2,1-2H3,(H2,15,16,17,18). The molecule has 0 radical (unpaired) electrons. The molecule has 6 heteroatoms. The lowest BCUT2D eigenvalue weighted by atomic mass is 10.1. The molecule has 19 heavy (non-hydrogen) atoms. The van der Waals surface area contributed by atoms with Gasteiger partial charge in [-0.15, -0.1) is 0 Å². The van der Waals surface area contributed by atoms with Crippen LogP contribution in [0.5, 0.6) is 0 Å². The van der Waals surface area contributed by atoms with E-state index < -0.39 is 0 Å². The van der Waals surface area contributed by atoms with Crippen LogP contribution < -0.4 is 10.6 Å². The highest BCUT2D eigenvalue weighted by molar-refractivity contribution is 5.49. The predicted molar refractivity (Wildman–Crippen MR) is 74.7 cm³/mol. The maximum Gasteiger partial charge on any atom is 0.182 e. The van der Waals surface area contributed by atoms with E-state index in [0.717, 1.165) is 24.7 Å². The largest absolute Gasteiger partial charge is 0.370 e.